The molecule has 1 aromatic heterocycles. The van der Waals surface area contributed by atoms with E-state index >= 15 is 0 Å². The van der Waals surface area contributed by atoms with E-state index in [0.717, 1.165) is 3.57 Å². The Labute approximate surface area is 96.0 Å². The highest BCUT2D eigenvalue weighted by Crippen LogP contribution is 2.14. The maximum absolute atomic E-state index is 11.5. The van der Waals surface area contributed by atoms with Gasteiger partial charge in [-0.05, 0) is 42.5 Å². The lowest BCUT2D eigenvalue weighted by molar-refractivity contribution is 0.0379. The Bertz CT molecular complexity index is 353. The normalized spacial score (nSPS) is 10.3. The first-order valence-corrected chi connectivity index (χ1v) is 5.20. The summed E-state index contributed by atoms with van der Waals surface area (Å²) in [6, 6.07) is 1.66. The van der Waals surface area contributed by atoms with Crippen molar-refractivity contribution in [3.63, 3.8) is 0 Å². The summed E-state index contributed by atoms with van der Waals surface area (Å²) in [7, 11) is 0. The monoisotopic (exact) mass is 306 g/mol. The highest BCUT2D eigenvalue weighted by Gasteiger charge is 2.13. The summed E-state index contributed by atoms with van der Waals surface area (Å²) in [5.41, 5.74) is 5.88. The van der Waals surface area contributed by atoms with Crippen LogP contribution in [0.2, 0.25) is 0 Å². The van der Waals surface area contributed by atoms with Gasteiger partial charge in [-0.2, -0.15) is 0 Å². The molecule has 0 aliphatic rings. The fourth-order valence-corrected chi connectivity index (χ4v) is 1.34. The van der Waals surface area contributed by atoms with Crippen molar-refractivity contribution < 1.29 is 9.53 Å². The number of anilines is 1. The second kappa shape index (κ2) is 4.59. The van der Waals surface area contributed by atoms with Gasteiger partial charge >= 0.3 is 5.97 Å². The van der Waals surface area contributed by atoms with E-state index in [1.54, 1.807) is 26.1 Å². The summed E-state index contributed by atoms with van der Waals surface area (Å²) in [5.74, 6) is -0.223. The van der Waals surface area contributed by atoms with Crippen LogP contribution in [0.25, 0.3) is 0 Å². The third kappa shape index (κ3) is 2.83. The molecule has 1 heterocycles. The van der Waals surface area contributed by atoms with Gasteiger partial charge in [-0.25, -0.2) is 9.78 Å². The summed E-state index contributed by atoms with van der Waals surface area (Å²) < 4.78 is 5.86. The fraction of sp³-hybridized carbons (Fsp3) is 0.333. The van der Waals surface area contributed by atoms with Gasteiger partial charge in [0.1, 0.15) is 11.4 Å². The van der Waals surface area contributed by atoms with Gasteiger partial charge in [-0.15, -0.1) is 0 Å². The maximum atomic E-state index is 11.5. The Morgan fingerprint density at radius 2 is 2.29 bits per heavy atom. The van der Waals surface area contributed by atoms with Crippen molar-refractivity contribution >= 4 is 34.4 Å². The SMILES string of the molecule is CC(C)OC(=O)c1cc(I)cnc1N. The molecule has 0 saturated carbocycles. The fourth-order valence-electron chi connectivity index (χ4n) is 0.891. The first kappa shape index (κ1) is 11.2. The van der Waals surface area contributed by atoms with Crippen LogP contribution in [0.1, 0.15) is 24.2 Å². The summed E-state index contributed by atoms with van der Waals surface area (Å²) >= 11 is 2.06. The van der Waals surface area contributed by atoms with Gasteiger partial charge in [-0.1, -0.05) is 0 Å². The topological polar surface area (TPSA) is 65.2 Å². The van der Waals surface area contributed by atoms with Crippen molar-refractivity contribution in [3.8, 4) is 0 Å². The molecule has 5 heteroatoms. The molecule has 0 aliphatic heterocycles. The van der Waals surface area contributed by atoms with Gasteiger partial charge in [0.15, 0.2) is 0 Å². The van der Waals surface area contributed by atoms with Crippen molar-refractivity contribution in [2.75, 3.05) is 5.73 Å². The van der Waals surface area contributed by atoms with Gasteiger partial charge in [0, 0.05) is 9.77 Å². The lowest BCUT2D eigenvalue weighted by Gasteiger charge is -2.09. The number of carbonyl (C=O) groups is 1. The molecule has 0 saturated heterocycles. The van der Waals surface area contributed by atoms with Crippen LogP contribution in [0.3, 0.4) is 0 Å². The van der Waals surface area contributed by atoms with E-state index in [9.17, 15) is 4.79 Å². The Morgan fingerprint density at radius 1 is 1.64 bits per heavy atom. The lowest BCUT2D eigenvalue weighted by Crippen LogP contribution is -2.14. The van der Waals surface area contributed by atoms with Crippen LogP contribution >= 0.6 is 22.6 Å². The molecule has 1 rings (SSSR count). The first-order valence-electron chi connectivity index (χ1n) is 4.12. The number of esters is 1. The minimum Gasteiger partial charge on any atom is -0.459 e. The number of nitrogen functional groups attached to an aromatic ring is 1. The van der Waals surface area contributed by atoms with Crippen molar-refractivity contribution in [2.45, 2.75) is 20.0 Å². The van der Waals surface area contributed by atoms with Crippen LogP contribution in [0.5, 0.6) is 0 Å². The predicted molar refractivity (Wildman–Crippen MR) is 61.9 cm³/mol. The number of rotatable bonds is 2. The van der Waals surface area contributed by atoms with E-state index in [1.165, 1.54) is 0 Å². The molecule has 0 unspecified atom stereocenters. The third-order valence-electron chi connectivity index (χ3n) is 1.45. The summed E-state index contributed by atoms with van der Waals surface area (Å²) in [5, 5.41) is 0. The summed E-state index contributed by atoms with van der Waals surface area (Å²) in [6.45, 7) is 3.57. The summed E-state index contributed by atoms with van der Waals surface area (Å²) in [6.07, 6.45) is 1.45. The van der Waals surface area contributed by atoms with Crippen LogP contribution in [0, 0.1) is 3.57 Å². The highest BCUT2D eigenvalue weighted by molar-refractivity contribution is 14.1. The smallest absolute Gasteiger partial charge is 0.342 e. The number of aromatic nitrogens is 1. The van der Waals surface area contributed by atoms with Crippen LogP contribution in [0.4, 0.5) is 5.82 Å². The van der Waals surface area contributed by atoms with E-state index in [2.05, 4.69) is 27.6 Å². The van der Waals surface area contributed by atoms with Gasteiger partial charge < -0.3 is 10.5 Å². The molecule has 0 amide bonds. The molecule has 1 aromatic rings. The molecule has 0 aromatic carbocycles. The molecule has 0 radical (unpaired) electrons. The molecule has 0 fully saturated rings. The molecular formula is C9H11IN2O2. The number of nitrogens with zero attached hydrogens (tertiary/aromatic N) is 1. The molecule has 0 atom stereocenters. The van der Waals surface area contributed by atoms with Crippen molar-refractivity contribution in [1.29, 1.82) is 0 Å². The van der Waals surface area contributed by atoms with E-state index in [4.69, 9.17) is 10.5 Å². The van der Waals surface area contributed by atoms with Crippen LogP contribution in [0.15, 0.2) is 12.3 Å². The number of pyridine rings is 1. The van der Waals surface area contributed by atoms with Crippen molar-refractivity contribution in [1.82, 2.24) is 4.98 Å². The average Bonchev–Trinajstić information content (AvgIpc) is 2.08. The number of halogens is 1. The molecule has 76 valence electrons. The van der Waals surface area contributed by atoms with Gasteiger partial charge in [0.2, 0.25) is 0 Å². The minimum absolute atomic E-state index is 0.153. The van der Waals surface area contributed by atoms with Gasteiger partial charge in [-0.3, -0.25) is 0 Å². The summed E-state index contributed by atoms with van der Waals surface area (Å²) in [4.78, 5) is 15.4. The highest BCUT2D eigenvalue weighted by atomic mass is 127. The largest absolute Gasteiger partial charge is 0.459 e. The molecular weight excluding hydrogens is 295 g/mol. The molecule has 2 N–H and O–H groups in total. The molecule has 4 nitrogen and oxygen atoms in total. The average molecular weight is 306 g/mol. The Morgan fingerprint density at radius 3 is 2.86 bits per heavy atom. The zero-order valence-electron chi connectivity index (χ0n) is 7.95. The third-order valence-corrected chi connectivity index (χ3v) is 2.04. The quantitative estimate of drug-likeness (QED) is 0.669. The molecule has 14 heavy (non-hydrogen) atoms. The van der Waals surface area contributed by atoms with E-state index in [-0.39, 0.29) is 11.9 Å². The Hall–Kier alpha value is -0.850. The van der Waals surface area contributed by atoms with E-state index < -0.39 is 5.97 Å². The van der Waals surface area contributed by atoms with Crippen LogP contribution in [-0.4, -0.2) is 17.1 Å². The Kier molecular flexibility index (Phi) is 3.68. The zero-order valence-corrected chi connectivity index (χ0v) is 10.1. The standard InChI is InChI=1S/C9H11IN2O2/c1-5(2)14-9(13)7-3-6(10)4-12-8(7)11/h3-5H,1-2H3,(H2,11,12). The van der Waals surface area contributed by atoms with Crippen molar-refractivity contribution in [2.24, 2.45) is 0 Å². The van der Waals surface area contributed by atoms with Gasteiger partial charge in [0.25, 0.3) is 0 Å². The molecule has 0 aliphatic carbocycles. The first-order chi connectivity index (χ1) is 6.50. The number of ether oxygens (including phenoxy) is 1. The molecule has 0 bridgehead atoms. The number of hydrogen-bond donors (Lipinski definition) is 1. The van der Waals surface area contributed by atoms with E-state index in [0.29, 0.717) is 5.56 Å². The van der Waals surface area contributed by atoms with Crippen LogP contribution < -0.4 is 5.73 Å². The minimum atomic E-state index is -0.427. The second-order valence-electron chi connectivity index (χ2n) is 3.04. The predicted octanol–water partition coefficient (Wildman–Crippen LogP) is 1.83. The zero-order chi connectivity index (χ0) is 10.7. The van der Waals surface area contributed by atoms with E-state index in [1.807, 2.05) is 0 Å². The van der Waals surface area contributed by atoms with Gasteiger partial charge in [0.05, 0.1) is 6.10 Å². The molecule has 0 spiro atoms. The lowest BCUT2D eigenvalue weighted by atomic mass is 10.2. The Balaban J connectivity index is 2.94. The number of hydrogen-bond acceptors (Lipinski definition) is 4. The van der Waals surface area contributed by atoms with Crippen LogP contribution in [-0.2, 0) is 4.74 Å². The van der Waals surface area contributed by atoms with Crippen molar-refractivity contribution in [3.05, 3.63) is 21.4 Å². The second-order valence-corrected chi connectivity index (χ2v) is 4.29. The number of carbonyl (C=O) groups excluding carboxylic acids is 1. The number of nitrogens with two attached hydrogens (primary N) is 1. The maximum Gasteiger partial charge on any atom is 0.342 e.